The molecule has 16 heavy (non-hydrogen) atoms. The van der Waals surface area contributed by atoms with Crippen molar-refractivity contribution in [1.82, 2.24) is 10.2 Å². The van der Waals surface area contributed by atoms with E-state index in [1.807, 2.05) is 0 Å². The molecule has 1 heterocycles. The van der Waals surface area contributed by atoms with E-state index in [0.717, 1.165) is 13.1 Å². The number of piperazine rings is 1. The fraction of sp³-hybridized carbons (Fsp3) is 0.917. The molecular formula is C12H24N2O2. The molecule has 0 radical (unpaired) electrons. The van der Waals surface area contributed by atoms with E-state index in [1.54, 1.807) is 0 Å². The Morgan fingerprint density at radius 2 is 2.19 bits per heavy atom. The van der Waals surface area contributed by atoms with Gasteiger partial charge in [-0.3, -0.25) is 9.69 Å². The summed E-state index contributed by atoms with van der Waals surface area (Å²) in [6.07, 6.45) is 0.454. The fourth-order valence-corrected chi connectivity index (χ4v) is 2.38. The van der Waals surface area contributed by atoms with Crippen molar-refractivity contribution in [2.24, 2.45) is 0 Å². The summed E-state index contributed by atoms with van der Waals surface area (Å²) in [6.45, 7) is 10.7. The van der Waals surface area contributed by atoms with Gasteiger partial charge in [0.2, 0.25) is 0 Å². The van der Waals surface area contributed by atoms with Crippen LogP contribution in [0, 0.1) is 0 Å². The minimum atomic E-state index is -0.138. The molecule has 1 fully saturated rings. The number of esters is 1. The number of hydrogen-bond donors (Lipinski definition) is 1. The Kier molecular flexibility index (Phi) is 4.33. The summed E-state index contributed by atoms with van der Waals surface area (Å²) >= 11 is 0. The third-order valence-corrected chi connectivity index (χ3v) is 3.28. The number of ether oxygens (including phenoxy) is 1. The third-order valence-electron chi connectivity index (χ3n) is 3.28. The summed E-state index contributed by atoms with van der Waals surface area (Å²) < 4.78 is 4.70. The van der Waals surface area contributed by atoms with Gasteiger partial charge in [0.05, 0.1) is 13.5 Å². The van der Waals surface area contributed by atoms with E-state index in [-0.39, 0.29) is 17.6 Å². The number of nitrogens with zero attached hydrogens (tertiary/aromatic N) is 1. The largest absolute Gasteiger partial charge is 0.469 e. The van der Waals surface area contributed by atoms with E-state index in [0.29, 0.717) is 12.5 Å². The first kappa shape index (κ1) is 13.5. The average Bonchev–Trinajstić information content (AvgIpc) is 2.20. The Morgan fingerprint density at radius 1 is 1.56 bits per heavy atom. The number of nitrogens with one attached hydrogen (secondary N) is 1. The lowest BCUT2D eigenvalue weighted by molar-refractivity contribution is -0.141. The summed E-state index contributed by atoms with van der Waals surface area (Å²) in [4.78, 5) is 13.7. The lowest BCUT2D eigenvalue weighted by Crippen LogP contribution is -2.64. The minimum absolute atomic E-state index is 0.138. The van der Waals surface area contributed by atoms with Crippen molar-refractivity contribution >= 4 is 5.97 Å². The number of hydrogen-bond acceptors (Lipinski definition) is 4. The highest BCUT2D eigenvalue weighted by molar-refractivity contribution is 5.70. The van der Waals surface area contributed by atoms with Crippen LogP contribution in [0.15, 0.2) is 0 Å². The number of methoxy groups -OCH3 is 1. The maximum atomic E-state index is 11.2. The molecule has 0 bridgehead atoms. The molecule has 1 N–H and O–H groups in total. The molecule has 0 aliphatic carbocycles. The van der Waals surface area contributed by atoms with Gasteiger partial charge in [0.1, 0.15) is 0 Å². The van der Waals surface area contributed by atoms with Gasteiger partial charge in [0.15, 0.2) is 0 Å². The van der Waals surface area contributed by atoms with Crippen molar-refractivity contribution in [2.75, 3.05) is 20.2 Å². The van der Waals surface area contributed by atoms with Crippen molar-refractivity contribution in [2.45, 2.75) is 51.7 Å². The molecule has 94 valence electrons. The number of carbonyl (C=O) groups is 1. The van der Waals surface area contributed by atoms with E-state index in [1.165, 1.54) is 7.11 Å². The van der Waals surface area contributed by atoms with Crippen molar-refractivity contribution < 1.29 is 9.53 Å². The molecule has 1 rings (SSSR count). The van der Waals surface area contributed by atoms with Crippen LogP contribution in [0.3, 0.4) is 0 Å². The van der Waals surface area contributed by atoms with Gasteiger partial charge >= 0.3 is 5.97 Å². The molecule has 1 aliphatic heterocycles. The molecule has 0 aromatic carbocycles. The molecule has 0 aromatic heterocycles. The first-order chi connectivity index (χ1) is 7.36. The maximum absolute atomic E-state index is 11.2. The van der Waals surface area contributed by atoms with Crippen molar-refractivity contribution in [3.63, 3.8) is 0 Å². The Balaban J connectivity index is 2.59. The molecular weight excluding hydrogens is 204 g/mol. The predicted molar refractivity (Wildman–Crippen MR) is 64.3 cm³/mol. The highest BCUT2D eigenvalue weighted by atomic mass is 16.5. The summed E-state index contributed by atoms with van der Waals surface area (Å²) in [5, 5.41) is 3.42. The van der Waals surface area contributed by atoms with Gasteiger partial charge in [0, 0.05) is 30.7 Å². The third kappa shape index (κ3) is 3.19. The van der Waals surface area contributed by atoms with Gasteiger partial charge < -0.3 is 10.1 Å². The highest BCUT2D eigenvalue weighted by Crippen LogP contribution is 2.22. The topological polar surface area (TPSA) is 41.6 Å². The van der Waals surface area contributed by atoms with Crippen LogP contribution < -0.4 is 5.32 Å². The summed E-state index contributed by atoms with van der Waals surface area (Å²) in [6, 6.07) is 0.708. The predicted octanol–water partition coefficient (Wildman–Crippen LogP) is 1.01. The zero-order chi connectivity index (χ0) is 12.3. The monoisotopic (exact) mass is 228 g/mol. The van der Waals surface area contributed by atoms with Gasteiger partial charge in [-0.15, -0.1) is 0 Å². The summed E-state index contributed by atoms with van der Waals surface area (Å²) in [7, 11) is 1.44. The first-order valence-electron chi connectivity index (χ1n) is 5.94. The molecule has 0 saturated carbocycles. The second-order valence-electron chi connectivity index (χ2n) is 5.42. The van der Waals surface area contributed by atoms with Crippen LogP contribution in [0.5, 0.6) is 0 Å². The van der Waals surface area contributed by atoms with Gasteiger partial charge in [0.25, 0.3) is 0 Å². The van der Waals surface area contributed by atoms with Crippen LogP contribution >= 0.6 is 0 Å². The normalized spacial score (nSPS) is 25.8. The Labute approximate surface area is 98.3 Å². The first-order valence-corrected chi connectivity index (χ1v) is 5.94. The van der Waals surface area contributed by atoms with E-state index in [9.17, 15) is 4.79 Å². The molecule has 1 saturated heterocycles. The quantitative estimate of drug-likeness (QED) is 0.732. The molecule has 1 unspecified atom stereocenters. The Hall–Kier alpha value is -0.610. The zero-order valence-corrected chi connectivity index (χ0v) is 11.0. The Morgan fingerprint density at radius 3 is 2.69 bits per heavy atom. The lowest BCUT2D eigenvalue weighted by Gasteiger charge is -2.48. The summed E-state index contributed by atoms with van der Waals surface area (Å²) in [5.41, 5.74) is 0.154. The fourth-order valence-electron chi connectivity index (χ4n) is 2.38. The second-order valence-corrected chi connectivity index (χ2v) is 5.42. The van der Waals surface area contributed by atoms with Gasteiger partial charge in [-0.2, -0.15) is 0 Å². The van der Waals surface area contributed by atoms with E-state index < -0.39 is 0 Å². The smallest absolute Gasteiger partial charge is 0.307 e. The van der Waals surface area contributed by atoms with Crippen LogP contribution in [0.2, 0.25) is 0 Å². The van der Waals surface area contributed by atoms with Crippen LogP contribution in [0.4, 0.5) is 0 Å². The second kappa shape index (κ2) is 5.15. The van der Waals surface area contributed by atoms with E-state index in [2.05, 4.69) is 37.9 Å². The molecule has 0 spiro atoms. The van der Waals surface area contributed by atoms with Crippen LogP contribution in [0.25, 0.3) is 0 Å². The molecule has 0 aromatic rings. The molecule has 0 amide bonds. The minimum Gasteiger partial charge on any atom is -0.469 e. The molecule has 4 heteroatoms. The van der Waals surface area contributed by atoms with Crippen LogP contribution in [-0.4, -0.2) is 48.7 Å². The van der Waals surface area contributed by atoms with Crippen molar-refractivity contribution in [3.05, 3.63) is 0 Å². The zero-order valence-electron chi connectivity index (χ0n) is 11.0. The highest BCUT2D eigenvalue weighted by Gasteiger charge is 2.35. The van der Waals surface area contributed by atoms with Crippen molar-refractivity contribution in [3.8, 4) is 0 Å². The lowest BCUT2D eigenvalue weighted by atomic mass is 9.94. The average molecular weight is 228 g/mol. The van der Waals surface area contributed by atoms with Gasteiger partial charge in [-0.05, 0) is 27.7 Å². The molecule has 4 nitrogen and oxygen atoms in total. The van der Waals surface area contributed by atoms with Crippen LogP contribution in [0.1, 0.15) is 34.1 Å². The number of carbonyl (C=O) groups excluding carboxylic acids is 1. The SMILES string of the molecule is COC(=O)CC1CN(C(C)C)C(C)(C)CN1. The maximum Gasteiger partial charge on any atom is 0.307 e. The molecule has 1 aliphatic rings. The van der Waals surface area contributed by atoms with Gasteiger partial charge in [-0.25, -0.2) is 0 Å². The van der Waals surface area contributed by atoms with Gasteiger partial charge in [-0.1, -0.05) is 0 Å². The van der Waals surface area contributed by atoms with Crippen LogP contribution in [-0.2, 0) is 9.53 Å². The number of rotatable bonds is 3. The van der Waals surface area contributed by atoms with E-state index >= 15 is 0 Å². The van der Waals surface area contributed by atoms with E-state index in [4.69, 9.17) is 4.74 Å². The standard InChI is InChI=1S/C12H24N2O2/c1-9(2)14-7-10(6-11(15)16-5)13-8-12(14,3)4/h9-10,13H,6-8H2,1-5H3. The Bertz CT molecular complexity index is 251. The molecule has 1 atom stereocenters. The summed E-state index contributed by atoms with van der Waals surface area (Å²) in [5.74, 6) is -0.138. The van der Waals surface area contributed by atoms with Crippen molar-refractivity contribution in [1.29, 1.82) is 0 Å².